The molecular weight excluding hydrogens is 224 g/mol. The van der Waals surface area contributed by atoms with Gasteiger partial charge in [0, 0.05) is 31.9 Å². The summed E-state index contributed by atoms with van der Waals surface area (Å²) in [7, 11) is 3.85. The predicted molar refractivity (Wildman–Crippen MR) is 78.8 cm³/mol. The molecule has 0 fully saturated rings. The summed E-state index contributed by atoms with van der Waals surface area (Å²) >= 11 is 0. The lowest BCUT2D eigenvalue weighted by Gasteiger charge is -2.21. The number of nitrogens with zero attached hydrogens (tertiary/aromatic N) is 1. The normalized spacial score (nSPS) is 10.8. The number of hydrogen-bond donors (Lipinski definition) is 1. The number of nitrogens with one attached hydrogen (secondary N) is 1. The van der Waals surface area contributed by atoms with Crippen LogP contribution < -0.4 is 15.0 Å². The van der Waals surface area contributed by atoms with Crippen LogP contribution in [0.4, 0.5) is 5.69 Å². The summed E-state index contributed by atoms with van der Waals surface area (Å²) in [4.78, 5) is 2.27. The van der Waals surface area contributed by atoms with Crippen LogP contribution in [-0.4, -0.2) is 33.3 Å². The number of rotatable bonds is 7. The maximum absolute atomic E-state index is 5.35. The zero-order valence-corrected chi connectivity index (χ0v) is 12.3. The van der Waals surface area contributed by atoms with Gasteiger partial charge >= 0.3 is 0 Å². The van der Waals surface area contributed by atoms with E-state index in [-0.39, 0.29) is 0 Å². The minimum atomic E-state index is 0.542. The van der Waals surface area contributed by atoms with Gasteiger partial charge in [-0.3, -0.25) is 0 Å². The summed E-state index contributed by atoms with van der Waals surface area (Å²) in [5, 5.41) is 3.43. The molecule has 0 atom stereocenters. The van der Waals surface area contributed by atoms with Crippen LogP contribution in [0.25, 0.3) is 0 Å². The highest BCUT2D eigenvalue weighted by molar-refractivity contribution is 5.52. The Bertz CT molecular complexity index is 364. The van der Waals surface area contributed by atoms with Gasteiger partial charge < -0.3 is 15.0 Å². The second-order valence-electron chi connectivity index (χ2n) is 4.88. The molecule has 0 unspecified atom stereocenters. The highest BCUT2D eigenvalue weighted by atomic mass is 16.5. The number of methoxy groups -OCH3 is 1. The molecule has 0 saturated heterocycles. The molecule has 0 saturated carbocycles. The van der Waals surface area contributed by atoms with Crippen LogP contribution in [0.5, 0.6) is 5.75 Å². The molecule has 0 aromatic heterocycles. The van der Waals surface area contributed by atoms with Crippen LogP contribution in [0.3, 0.4) is 0 Å². The number of anilines is 1. The second-order valence-corrected chi connectivity index (χ2v) is 4.88. The third-order valence-corrected chi connectivity index (χ3v) is 3.09. The van der Waals surface area contributed by atoms with Gasteiger partial charge in [0.2, 0.25) is 0 Å². The molecule has 1 aromatic rings. The fourth-order valence-electron chi connectivity index (χ4n) is 1.93. The first-order valence-corrected chi connectivity index (χ1v) is 6.70. The van der Waals surface area contributed by atoms with Crippen molar-refractivity contribution in [3.8, 4) is 5.75 Å². The number of ether oxygens (including phenoxy) is 1. The van der Waals surface area contributed by atoms with Gasteiger partial charge in [-0.15, -0.1) is 0 Å². The first kappa shape index (κ1) is 14.8. The zero-order valence-electron chi connectivity index (χ0n) is 12.3. The maximum Gasteiger partial charge on any atom is 0.122 e. The van der Waals surface area contributed by atoms with Gasteiger partial charge in [-0.2, -0.15) is 0 Å². The Morgan fingerprint density at radius 3 is 2.61 bits per heavy atom. The fourth-order valence-corrected chi connectivity index (χ4v) is 1.93. The molecule has 1 aromatic carbocycles. The quantitative estimate of drug-likeness (QED) is 0.805. The van der Waals surface area contributed by atoms with E-state index in [2.05, 4.69) is 56.2 Å². The van der Waals surface area contributed by atoms with E-state index < -0.39 is 0 Å². The Balaban J connectivity index is 2.65. The Labute approximate surface area is 111 Å². The van der Waals surface area contributed by atoms with Gasteiger partial charge in [-0.25, -0.2) is 0 Å². The largest absolute Gasteiger partial charge is 0.496 e. The fraction of sp³-hybridized carbons (Fsp3) is 0.600. The van der Waals surface area contributed by atoms with Gasteiger partial charge in [0.25, 0.3) is 0 Å². The van der Waals surface area contributed by atoms with Crippen LogP contribution >= 0.6 is 0 Å². The smallest absolute Gasteiger partial charge is 0.122 e. The van der Waals surface area contributed by atoms with Crippen molar-refractivity contribution in [1.82, 2.24) is 5.32 Å². The van der Waals surface area contributed by atoms with E-state index in [0.717, 1.165) is 25.3 Å². The average Bonchev–Trinajstić information content (AvgIpc) is 2.37. The van der Waals surface area contributed by atoms with Gasteiger partial charge in [-0.1, -0.05) is 20.8 Å². The third-order valence-electron chi connectivity index (χ3n) is 3.09. The lowest BCUT2D eigenvalue weighted by molar-refractivity contribution is 0.410. The Hall–Kier alpha value is -1.22. The van der Waals surface area contributed by atoms with E-state index >= 15 is 0 Å². The van der Waals surface area contributed by atoms with Crippen molar-refractivity contribution in [2.75, 3.05) is 32.1 Å². The standard InChI is InChI=1S/C15H26N2O/c1-6-13-11-14(7-8-15(13)18-5)17(4)10-9-16-12(2)3/h7-8,11-12,16H,6,9-10H2,1-5H3. The molecule has 1 rings (SSSR count). The van der Waals surface area contributed by atoms with Gasteiger partial charge in [0.15, 0.2) is 0 Å². The summed E-state index contributed by atoms with van der Waals surface area (Å²) in [5.74, 6) is 0.981. The molecule has 3 heteroatoms. The highest BCUT2D eigenvalue weighted by Gasteiger charge is 2.06. The average molecular weight is 250 g/mol. The van der Waals surface area contributed by atoms with Crippen molar-refractivity contribution in [2.24, 2.45) is 0 Å². The van der Waals surface area contributed by atoms with Crippen molar-refractivity contribution in [3.05, 3.63) is 23.8 Å². The SMILES string of the molecule is CCc1cc(N(C)CCNC(C)C)ccc1OC. The Morgan fingerprint density at radius 1 is 1.33 bits per heavy atom. The van der Waals surface area contributed by atoms with Crippen molar-refractivity contribution in [1.29, 1.82) is 0 Å². The van der Waals surface area contributed by atoms with E-state index in [1.54, 1.807) is 7.11 Å². The van der Waals surface area contributed by atoms with E-state index in [1.807, 2.05) is 0 Å². The topological polar surface area (TPSA) is 24.5 Å². The molecule has 1 N–H and O–H groups in total. The first-order chi connectivity index (χ1) is 8.58. The molecule has 0 aliphatic carbocycles. The van der Waals surface area contributed by atoms with Crippen molar-refractivity contribution < 1.29 is 4.74 Å². The van der Waals surface area contributed by atoms with E-state index in [9.17, 15) is 0 Å². The first-order valence-electron chi connectivity index (χ1n) is 6.70. The number of aryl methyl sites for hydroxylation is 1. The second kappa shape index (κ2) is 7.27. The number of benzene rings is 1. The molecule has 0 amide bonds. The Morgan fingerprint density at radius 2 is 2.06 bits per heavy atom. The van der Waals surface area contributed by atoms with E-state index in [1.165, 1.54) is 11.3 Å². The van der Waals surface area contributed by atoms with E-state index in [4.69, 9.17) is 4.74 Å². The summed E-state index contributed by atoms with van der Waals surface area (Å²) in [6, 6.07) is 6.93. The monoisotopic (exact) mass is 250 g/mol. The molecule has 0 aliphatic heterocycles. The van der Waals surface area contributed by atoms with Gasteiger partial charge in [0.05, 0.1) is 7.11 Å². The third kappa shape index (κ3) is 4.22. The minimum Gasteiger partial charge on any atom is -0.496 e. The van der Waals surface area contributed by atoms with Crippen LogP contribution in [-0.2, 0) is 6.42 Å². The molecule has 0 heterocycles. The molecule has 18 heavy (non-hydrogen) atoms. The molecule has 0 aliphatic rings. The summed E-state index contributed by atoms with van der Waals surface area (Å²) in [6.07, 6.45) is 0.995. The molecule has 3 nitrogen and oxygen atoms in total. The maximum atomic E-state index is 5.35. The van der Waals surface area contributed by atoms with Crippen molar-refractivity contribution in [3.63, 3.8) is 0 Å². The molecular formula is C15H26N2O. The van der Waals surface area contributed by atoms with Crippen LogP contribution in [0, 0.1) is 0 Å². The Kier molecular flexibility index (Phi) is 5.99. The molecule has 0 bridgehead atoms. The van der Waals surface area contributed by atoms with Crippen molar-refractivity contribution >= 4 is 5.69 Å². The molecule has 0 radical (unpaired) electrons. The van der Waals surface area contributed by atoms with Crippen LogP contribution in [0.2, 0.25) is 0 Å². The number of likely N-dealkylation sites (N-methyl/N-ethyl adjacent to an activating group) is 1. The predicted octanol–water partition coefficient (Wildman–Crippen LogP) is 2.69. The minimum absolute atomic E-state index is 0.542. The molecule has 102 valence electrons. The zero-order chi connectivity index (χ0) is 13.5. The number of hydrogen-bond acceptors (Lipinski definition) is 3. The lowest BCUT2D eigenvalue weighted by atomic mass is 10.1. The summed E-state index contributed by atoms with van der Waals surface area (Å²) in [6.45, 7) is 8.50. The van der Waals surface area contributed by atoms with Crippen molar-refractivity contribution in [2.45, 2.75) is 33.2 Å². The summed E-state index contributed by atoms with van der Waals surface area (Å²) in [5.41, 5.74) is 2.51. The van der Waals surface area contributed by atoms with Crippen LogP contribution in [0.15, 0.2) is 18.2 Å². The molecule has 0 spiro atoms. The van der Waals surface area contributed by atoms with Gasteiger partial charge in [0.1, 0.15) is 5.75 Å². The van der Waals surface area contributed by atoms with Gasteiger partial charge in [-0.05, 0) is 30.2 Å². The summed E-state index contributed by atoms with van der Waals surface area (Å²) < 4.78 is 5.35. The van der Waals surface area contributed by atoms with Crippen LogP contribution in [0.1, 0.15) is 26.3 Å². The lowest BCUT2D eigenvalue weighted by Crippen LogP contribution is -2.32. The highest BCUT2D eigenvalue weighted by Crippen LogP contribution is 2.24. The van der Waals surface area contributed by atoms with E-state index in [0.29, 0.717) is 6.04 Å².